The molecule has 0 aliphatic heterocycles. The van der Waals surface area contributed by atoms with Gasteiger partial charge in [0.05, 0.1) is 16.0 Å². The van der Waals surface area contributed by atoms with Crippen LogP contribution in [0.25, 0.3) is 21.3 Å². The van der Waals surface area contributed by atoms with Crippen LogP contribution < -0.4 is 16.6 Å². The Hall–Kier alpha value is -4.31. The molecule has 0 unspecified atom stereocenters. The zero-order chi connectivity index (χ0) is 22.8. The van der Waals surface area contributed by atoms with E-state index < -0.39 is 22.3 Å². The number of carbonyl (C=O) groups is 2. The first kappa shape index (κ1) is 20.9. The predicted molar refractivity (Wildman–Crippen MR) is 122 cm³/mol. The Bertz CT molecular complexity index is 1430. The van der Waals surface area contributed by atoms with Crippen molar-refractivity contribution in [3.63, 3.8) is 0 Å². The Morgan fingerprint density at radius 1 is 1.06 bits per heavy atom. The molecule has 0 atom stereocenters. The lowest BCUT2D eigenvalue weighted by atomic mass is 10.1. The Balaban J connectivity index is 1.64. The summed E-state index contributed by atoms with van der Waals surface area (Å²) < 4.78 is 1.21. The predicted octanol–water partition coefficient (Wildman–Crippen LogP) is 3.38. The Kier molecular flexibility index (Phi) is 5.52. The number of nitrogens with zero attached hydrogens (tertiary/aromatic N) is 2. The molecule has 0 aliphatic carbocycles. The fourth-order valence-electron chi connectivity index (χ4n) is 3.29. The number of hydrogen-bond donors (Lipinski definition) is 2. The van der Waals surface area contributed by atoms with E-state index in [0.717, 1.165) is 10.4 Å². The van der Waals surface area contributed by atoms with E-state index in [1.54, 1.807) is 6.07 Å². The van der Waals surface area contributed by atoms with Gasteiger partial charge in [0.15, 0.2) is 0 Å². The van der Waals surface area contributed by atoms with Gasteiger partial charge in [-0.1, -0.05) is 30.3 Å². The standard InChI is InChI=1S/C22H16N4O5S/c23-21(29)16-11-18(13-4-2-1-3-5-13)32-22(16)24-19(27)12-25-17-8-7-15(26(30)31)10-14(17)6-9-20(25)28/h1-11H,12H2,(H2,23,29)(H,24,27). The van der Waals surface area contributed by atoms with Crippen LogP contribution in [0.5, 0.6) is 0 Å². The average molecular weight is 448 g/mol. The summed E-state index contributed by atoms with van der Waals surface area (Å²) in [6.07, 6.45) is 0. The number of aromatic nitrogens is 1. The third-order valence-corrected chi connectivity index (χ3v) is 5.89. The quantitative estimate of drug-likeness (QED) is 0.344. The monoisotopic (exact) mass is 448 g/mol. The lowest BCUT2D eigenvalue weighted by molar-refractivity contribution is -0.384. The van der Waals surface area contributed by atoms with E-state index in [9.17, 15) is 24.5 Å². The molecule has 2 aromatic carbocycles. The third kappa shape index (κ3) is 4.12. The van der Waals surface area contributed by atoms with Crippen molar-refractivity contribution in [1.82, 2.24) is 4.57 Å². The van der Waals surface area contributed by atoms with Crippen LogP contribution in [-0.4, -0.2) is 21.3 Å². The van der Waals surface area contributed by atoms with Crippen LogP contribution >= 0.6 is 11.3 Å². The van der Waals surface area contributed by atoms with E-state index in [4.69, 9.17) is 5.73 Å². The summed E-state index contributed by atoms with van der Waals surface area (Å²) in [6, 6.07) is 17.7. The van der Waals surface area contributed by atoms with Gasteiger partial charge in [0.2, 0.25) is 5.91 Å². The molecule has 0 fully saturated rings. The number of nitrogens with one attached hydrogen (secondary N) is 1. The second-order valence-electron chi connectivity index (χ2n) is 6.89. The molecule has 9 nitrogen and oxygen atoms in total. The number of thiophene rings is 1. The minimum absolute atomic E-state index is 0.120. The summed E-state index contributed by atoms with van der Waals surface area (Å²) >= 11 is 1.20. The fraction of sp³-hybridized carbons (Fsp3) is 0.0455. The van der Waals surface area contributed by atoms with Gasteiger partial charge in [0.1, 0.15) is 11.5 Å². The average Bonchev–Trinajstić information content (AvgIpc) is 3.20. The van der Waals surface area contributed by atoms with Gasteiger partial charge in [-0.2, -0.15) is 0 Å². The first-order valence-electron chi connectivity index (χ1n) is 9.40. The highest BCUT2D eigenvalue weighted by Gasteiger charge is 2.18. The normalized spacial score (nSPS) is 10.8. The maximum absolute atomic E-state index is 12.7. The lowest BCUT2D eigenvalue weighted by Gasteiger charge is -2.10. The second kappa shape index (κ2) is 8.44. The molecule has 10 heteroatoms. The number of anilines is 1. The van der Waals surface area contributed by atoms with E-state index in [2.05, 4.69) is 5.32 Å². The largest absolute Gasteiger partial charge is 0.366 e. The summed E-state index contributed by atoms with van der Waals surface area (Å²) in [7, 11) is 0. The van der Waals surface area contributed by atoms with E-state index in [-0.39, 0.29) is 22.8 Å². The lowest BCUT2D eigenvalue weighted by Crippen LogP contribution is -2.27. The number of nitro benzene ring substituents is 1. The molecule has 0 radical (unpaired) electrons. The van der Waals surface area contributed by atoms with Crippen LogP contribution in [0.4, 0.5) is 10.7 Å². The topological polar surface area (TPSA) is 137 Å². The Morgan fingerprint density at radius 2 is 1.81 bits per heavy atom. The zero-order valence-electron chi connectivity index (χ0n) is 16.5. The second-order valence-corrected chi connectivity index (χ2v) is 7.94. The smallest absolute Gasteiger partial charge is 0.270 e. The minimum Gasteiger partial charge on any atom is -0.366 e. The number of non-ortho nitro benzene ring substituents is 1. The highest BCUT2D eigenvalue weighted by molar-refractivity contribution is 7.20. The number of hydrogen-bond acceptors (Lipinski definition) is 6. The number of carbonyl (C=O) groups excluding carboxylic acids is 2. The van der Waals surface area contributed by atoms with Gasteiger partial charge >= 0.3 is 0 Å². The van der Waals surface area contributed by atoms with Gasteiger partial charge in [-0.15, -0.1) is 11.3 Å². The number of primary amides is 1. The number of amides is 2. The van der Waals surface area contributed by atoms with Crippen molar-refractivity contribution in [3.05, 3.63) is 92.8 Å². The highest BCUT2D eigenvalue weighted by atomic mass is 32.1. The molecule has 4 rings (SSSR count). The van der Waals surface area contributed by atoms with Gasteiger partial charge in [0.25, 0.3) is 17.2 Å². The van der Waals surface area contributed by atoms with E-state index >= 15 is 0 Å². The Labute approximate surface area is 184 Å². The molecule has 160 valence electrons. The van der Waals surface area contributed by atoms with Crippen molar-refractivity contribution in [2.75, 3.05) is 5.32 Å². The highest BCUT2D eigenvalue weighted by Crippen LogP contribution is 2.35. The van der Waals surface area contributed by atoms with Crippen LogP contribution in [0.2, 0.25) is 0 Å². The number of benzene rings is 2. The van der Waals surface area contributed by atoms with Crippen LogP contribution in [0.1, 0.15) is 10.4 Å². The third-order valence-electron chi connectivity index (χ3n) is 4.79. The summed E-state index contributed by atoms with van der Waals surface area (Å²) in [6.45, 7) is -0.343. The molecular weight excluding hydrogens is 432 g/mol. The van der Waals surface area contributed by atoms with Crippen molar-refractivity contribution < 1.29 is 14.5 Å². The van der Waals surface area contributed by atoms with E-state index in [1.807, 2.05) is 30.3 Å². The fourth-order valence-corrected chi connectivity index (χ4v) is 4.37. The molecule has 0 saturated carbocycles. The van der Waals surface area contributed by atoms with Crippen LogP contribution in [0, 0.1) is 10.1 Å². The van der Waals surface area contributed by atoms with Crippen LogP contribution in [-0.2, 0) is 11.3 Å². The molecule has 3 N–H and O–H groups in total. The molecule has 2 amide bonds. The van der Waals surface area contributed by atoms with Crippen LogP contribution in [0.3, 0.4) is 0 Å². The molecule has 32 heavy (non-hydrogen) atoms. The van der Waals surface area contributed by atoms with Gasteiger partial charge < -0.3 is 11.1 Å². The summed E-state index contributed by atoms with van der Waals surface area (Å²) in [4.78, 5) is 48.2. The summed E-state index contributed by atoms with van der Waals surface area (Å²) in [5.74, 6) is -1.23. The molecule has 4 aromatic rings. The maximum atomic E-state index is 12.7. The first-order valence-corrected chi connectivity index (χ1v) is 10.2. The molecule has 2 aromatic heterocycles. The van der Waals surface area contributed by atoms with Gasteiger partial charge in [0, 0.05) is 28.5 Å². The van der Waals surface area contributed by atoms with Gasteiger partial charge in [-0.25, -0.2) is 0 Å². The first-order chi connectivity index (χ1) is 15.3. The van der Waals surface area contributed by atoms with E-state index in [1.165, 1.54) is 46.2 Å². The van der Waals surface area contributed by atoms with E-state index in [0.29, 0.717) is 10.9 Å². The van der Waals surface area contributed by atoms with Gasteiger partial charge in [-0.3, -0.25) is 29.1 Å². The molecule has 0 saturated heterocycles. The molecule has 0 spiro atoms. The number of nitro groups is 1. The molecule has 2 heterocycles. The Morgan fingerprint density at radius 3 is 2.50 bits per heavy atom. The van der Waals surface area contributed by atoms with Gasteiger partial charge in [-0.05, 0) is 23.8 Å². The number of pyridine rings is 1. The number of fused-ring (bicyclic) bond motifs is 1. The number of rotatable bonds is 6. The maximum Gasteiger partial charge on any atom is 0.270 e. The molecule has 0 aliphatic rings. The number of nitrogens with two attached hydrogens (primary N) is 1. The molecule has 0 bridgehead atoms. The summed E-state index contributed by atoms with van der Waals surface area (Å²) in [5.41, 5.74) is 6.34. The zero-order valence-corrected chi connectivity index (χ0v) is 17.3. The van der Waals surface area contributed by atoms with Crippen molar-refractivity contribution in [2.45, 2.75) is 6.54 Å². The van der Waals surface area contributed by atoms with Crippen molar-refractivity contribution in [3.8, 4) is 10.4 Å². The van der Waals surface area contributed by atoms with Crippen molar-refractivity contribution in [1.29, 1.82) is 0 Å². The van der Waals surface area contributed by atoms with Crippen molar-refractivity contribution >= 4 is 44.7 Å². The molecular formula is C22H16N4O5S. The van der Waals surface area contributed by atoms with Crippen molar-refractivity contribution in [2.24, 2.45) is 5.73 Å². The summed E-state index contributed by atoms with van der Waals surface area (Å²) in [5, 5.41) is 14.4. The minimum atomic E-state index is -0.687. The SMILES string of the molecule is NC(=O)c1cc(-c2ccccc2)sc1NC(=O)Cn1c(=O)ccc2cc([N+](=O)[O-])ccc21. The van der Waals surface area contributed by atoms with Crippen LogP contribution in [0.15, 0.2) is 71.5 Å².